The number of carbonyl (C=O) groups excluding carboxylic acids is 1. The van der Waals surface area contributed by atoms with Crippen LogP contribution in [0.1, 0.15) is 58.9 Å². The lowest BCUT2D eigenvalue weighted by atomic mass is 9.88. The summed E-state index contributed by atoms with van der Waals surface area (Å²) >= 11 is 6.04. The van der Waals surface area contributed by atoms with Gasteiger partial charge in [-0.15, -0.1) is 0 Å². The standard InChI is InChI=1S/C17H26ClNO/c1-6-13(7-2)12(5)17(20)19-16-9-8-14(18)10-15(16)11(3)4/h8-13H,6-7H2,1-5H3,(H,19,20). The molecule has 20 heavy (non-hydrogen) atoms. The summed E-state index contributed by atoms with van der Waals surface area (Å²) in [4.78, 5) is 12.4. The number of hydrogen-bond acceptors (Lipinski definition) is 1. The van der Waals surface area contributed by atoms with Crippen LogP contribution in [0, 0.1) is 11.8 Å². The molecule has 1 N–H and O–H groups in total. The van der Waals surface area contributed by atoms with Crippen LogP contribution in [0.5, 0.6) is 0 Å². The van der Waals surface area contributed by atoms with Crippen molar-refractivity contribution in [3.05, 3.63) is 28.8 Å². The van der Waals surface area contributed by atoms with Gasteiger partial charge in [-0.1, -0.05) is 59.1 Å². The zero-order valence-electron chi connectivity index (χ0n) is 13.2. The van der Waals surface area contributed by atoms with E-state index in [1.54, 1.807) is 0 Å². The van der Waals surface area contributed by atoms with Crippen LogP contribution in [-0.4, -0.2) is 5.91 Å². The highest BCUT2D eigenvalue weighted by Crippen LogP contribution is 2.29. The summed E-state index contributed by atoms with van der Waals surface area (Å²) in [5.41, 5.74) is 1.97. The summed E-state index contributed by atoms with van der Waals surface area (Å²) in [6.07, 6.45) is 2.06. The van der Waals surface area contributed by atoms with Crippen LogP contribution in [0.2, 0.25) is 5.02 Å². The van der Waals surface area contributed by atoms with E-state index in [1.807, 2.05) is 25.1 Å². The van der Waals surface area contributed by atoms with Crippen LogP contribution < -0.4 is 5.32 Å². The summed E-state index contributed by atoms with van der Waals surface area (Å²) in [5.74, 6) is 0.890. The van der Waals surface area contributed by atoms with Gasteiger partial charge < -0.3 is 5.32 Å². The Hall–Kier alpha value is -1.02. The van der Waals surface area contributed by atoms with Crippen LogP contribution in [0.4, 0.5) is 5.69 Å². The fourth-order valence-electron chi connectivity index (χ4n) is 2.58. The monoisotopic (exact) mass is 295 g/mol. The molecule has 0 aliphatic heterocycles. The van der Waals surface area contributed by atoms with Crippen molar-refractivity contribution in [2.75, 3.05) is 5.32 Å². The number of anilines is 1. The van der Waals surface area contributed by atoms with Gasteiger partial charge in [-0.3, -0.25) is 4.79 Å². The van der Waals surface area contributed by atoms with Crippen LogP contribution >= 0.6 is 11.6 Å². The number of rotatable bonds is 6. The van der Waals surface area contributed by atoms with Crippen molar-refractivity contribution in [3.63, 3.8) is 0 Å². The molecule has 1 aromatic carbocycles. The fourth-order valence-corrected chi connectivity index (χ4v) is 2.76. The largest absolute Gasteiger partial charge is 0.326 e. The number of halogens is 1. The highest BCUT2D eigenvalue weighted by molar-refractivity contribution is 6.30. The van der Waals surface area contributed by atoms with Crippen LogP contribution in [0.25, 0.3) is 0 Å². The minimum absolute atomic E-state index is 0.0284. The Kier molecular flexibility index (Phi) is 6.54. The Morgan fingerprint density at radius 2 is 1.80 bits per heavy atom. The molecule has 0 heterocycles. The molecule has 1 unspecified atom stereocenters. The average molecular weight is 296 g/mol. The van der Waals surface area contributed by atoms with Crippen LogP contribution in [0.3, 0.4) is 0 Å². The van der Waals surface area contributed by atoms with Crippen molar-refractivity contribution in [1.29, 1.82) is 0 Å². The fraction of sp³-hybridized carbons (Fsp3) is 0.588. The van der Waals surface area contributed by atoms with Crippen molar-refractivity contribution >= 4 is 23.2 Å². The molecule has 0 aromatic heterocycles. The summed E-state index contributed by atoms with van der Waals surface area (Å²) in [5, 5.41) is 3.78. The Morgan fingerprint density at radius 3 is 2.30 bits per heavy atom. The minimum atomic E-state index is 0.0284. The lowest BCUT2D eigenvalue weighted by Crippen LogP contribution is -2.27. The highest BCUT2D eigenvalue weighted by Gasteiger charge is 2.22. The van der Waals surface area contributed by atoms with Crippen molar-refractivity contribution in [2.45, 2.75) is 53.4 Å². The number of amides is 1. The highest BCUT2D eigenvalue weighted by atomic mass is 35.5. The molecule has 0 spiro atoms. The second-order valence-electron chi connectivity index (χ2n) is 5.74. The lowest BCUT2D eigenvalue weighted by Gasteiger charge is -2.22. The molecule has 0 saturated heterocycles. The molecule has 1 amide bonds. The van der Waals surface area contributed by atoms with E-state index >= 15 is 0 Å². The zero-order valence-corrected chi connectivity index (χ0v) is 13.9. The third kappa shape index (κ3) is 4.24. The molecule has 0 fully saturated rings. The van der Waals surface area contributed by atoms with E-state index in [2.05, 4.69) is 33.0 Å². The molecule has 0 aliphatic carbocycles. The Morgan fingerprint density at radius 1 is 1.20 bits per heavy atom. The van der Waals surface area contributed by atoms with Crippen molar-refractivity contribution in [1.82, 2.24) is 0 Å². The first-order chi connectivity index (χ1) is 9.40. The topological polar surface area (TPSA) is 29.1 Å². The van der Waals surface area contributed by atoms with Crippen LogP contribution in [0.15, 0.2) is 18.2 Å². The Labute approximate surface area is 127 Å². The molecule has 1 atom stereocenters. The van der Waals surface area contributed by atoms with Gasteiger partial charge in [0.25, 0.3) is 0 Å². The maximum Gasteiger partial charge on any atom is 0.227 e. The van der Waals surface area contributed by atoms with Gasteiger partial charge in [0.15, 0.2) is 0 Å². The van der Waals surface area contributed by atoms with Crippen molar-refractivity contribution < 1.29 is 4.79 Å². The Bertz CT molecular complexity index is 452. The third-order valence-electron chi connectivity index (χ3n) is 4.06. The number of nitrogens with one attached hydrogen (secondary N) is 1. The molecular weight excluding hydrogens is 270 g/mol. The SMILES string of the molecule is CCC(CC)C(C)C(=O)Nc1ccc(Cl)cc1C(C)C. The summed E-state index contributed by atoms with van der Waals surface area (Å²) in [7, 11) is 0. The maximum absolute atomic E-state index is 12.4. The van der Waals surface area contributed by atoms with Gasteiger partial charge in [0.2, 0.25) is 5.91 Å². The first kappa shape index (κ1) is 17.0. The predicted octanol–water partition coefficient (Wildman–Crippen LogP) is 5.47. The molecule has 0 aliphatic rings. The molecule has 2 nitrogen and oxygen atoms in total. The molecule has 0 bridgehead atoms. The van der Waals surface area contributed by atoms with Gasteiger partial charge in [-0.25, -0.2) is 0 Å². The minimum Gasteiger partial charge on any atom is -0.326 e. The summed E-state index contributed by atoms with van der Waals surface area (Å²) in [6.45, 7) is 10.5. The first-order valence-electron chi connectivity index (χ1n) is 7.50. The smallest absolute Gasteiger partial charge is 0.227 e. The molecule has 3 heteroatoms. The second kappa shape index (κ2) is 7.68. The first-order valence-corrected chi connectivity index (χ1v) is 7.88. The molecule has 1 aromatic rings. The quantitative estimate of drug-likeness (QED) is 0.740. The van der Waals surface area contributed by atoms with Gasteiger partial charge in [-0.05, 0) is 35.6 Å². The van der Waals surface area contributed by atoms with E-state index in [4.69, 9.17) is 11.6 Å². The number of hydrogen-bond donors (Lipinski definition) is 1. The van der Waals surface area contributed by atoms with E-state index in [0.717, 1.165) is 24.1 Å². The van der Waals surface area contributed by atoms with Gasteiger partial charge in [0.05, 0.1) is 0 Å². The van der Waals surface area contributed by atoms with Gasteiger partial charge in [-0.2, -0.15) is 0 Å². The maximum atomic E-state index is 12.4. The van der Waals surface area contributed by atoms with E-state index in [0.29, 0.717) is 16.9 Å². The normalized spacial score (nSPS) is 12.8. The summed E-state index contributed by atoms with van der Waals surface area (Å²) < 4.78 is 0. The predicted molar refractivity (Wildman–Crippen MR) is 87.4 cm³/mol. The number of carbonyl (C=O) groups is 1. The number of benzene rings is 1. The lowest BCUT2D eigenvalue weighted by molar-refractivity contribution is -0.121. The summed E-state index contributed by atoms with van der Waals surface area (Å²) in [6, 6.07) is 5.66. The van der Waals surface area contributed by atoms with E-state index in [9.17, 15) is 4.79 Å². The molecule has 0 radical (unpaired) electrons. The molecule has 0 saturated carbocycles. The van der Waals surface area contributed by atoms with E-state index in [-0.39, 0.29) is 11.8 Å². The Balaban J connectivity index is 2.90. The van der Waals surface area contributed by atoms with Gasteiger partial charge >= 0.3 is 0 Å². The molecule has 112 valence electrons. The zero-order chi connectivity index (χ0) is 15.3. The average Bonchev–Trinajstić information content (AvgIpc) is 2.41. The third-order valence-corrected chi connectivity index (χ3v) is 4.30. The van der Waals surface area contributed by atoms with E-state index in [1.165, 1.54) is 0 Å². The molecular formula is C17H26ClNO. The van der Waals surface area contributed by atoms with E-state index < -0.39 is 0 Å². The van der Waals surface area contributed by atoms with Crippen molar-refractivity contribution in [3.8, 4) is 0 Å². The second-order valence-corrected chi connectivity index (χ2v) is 6.18. The van der Waals surface area contributed by atoms with Gasteiger partial charge in [0.1, 0.15) is 0 Å². The molecule has 1 rings (SSSR count). The van der Waals surface area contributed by atoms with Gasteiger partial charge in [0, 0.05) is 16.6 Å². The van der Waals surface area contributed by atoms with Crippen LogP contribution in [-0.2, 0) is 4.79 Å². The van der Waals surface area contributed by atoms with Crippen molar-refractivity contribution in [2.24, 2.45) is 11.8 Å².